The predicted molar refractivity (Wildman–Crippen MR) is 77.5 cm³/mol. The molecule has 1 aliphatic rings. The molecule has 1 aromatic carbocycles. The summed E-state index contributed by atoms with van der Waals surface area (Å²) in [6, 6.07) is 7.32. The second-order valence-corrected chi connectivity index (χ2v) is 4.92. The number of rotatable bonds is 3. The average Bonchev–Trinajstić information content (AvgIpc) is 2.93. The average molecular weight is 287 g/mol. The minimum absolute atomic E-state index is 0.254. The molecule has 1 amide bonds. The number of hydrogen-bond acceptors (Lipinski definition) is 4. The second-order valence-electron chi connectivity index (χ2n) is 4.92. The molecule has 0 saturated heterocycles. The number of H-pyrrole nitrogens is 1. The zero-order valence-electron chi connectivity index (χ0n) is 11.9. The van der Waals surface area contributed by atoms with Crippen molar-refractivity contribution in [2.45, 2.75) is 32.5 Å². The van der Waals surface area contributed by atoms with Crippen LogP contribution >= 0.6 is 0 Å². The van der Waals surface area contributed by atoms with Gasteiger partial charge in [-0.05, 0) is 25.5 Å². The van der Waals surface area contributed by atoms with Gasteiger partial charge in [0.2, 0.25) is 6.10 Å². The summed E-state index contributed by atoms with van der Waals surface area (Å²) in [4.78, 5) is 12.4. The molecule has 0 radical (unpaired) electrons. The molecule has 21 heavy (non-hydrogen) atoms. The Morgan fingerprint density at radius 3 is 2.76 bits per heavy atom. The summed E-state index contributed by atoms with van der Waals surface area (Å²) < 4.78 is 11.5. The van der Waals surface area contributed by atoms with Crippen LogP contribution in [-0.4, -0.2) is 28.3 Å². The van der Waals surface area contributed by atoms with Crippen molar-refractivity contribution in [3.63, 3.8) is 0 Å². The first-order valence-electron chi connectivity index (χ1n) is 6.94. The van der Waals surface area contributed by atoms with Crippen LogP contribution in [0.4, 0.5) is 5.82 Å². The van der Waals surface area contributed by atoms with Crippen LogP contribution < -0.4 is 14.8 Å². The predicted octanol–water partition coefficient (Wildman–Crippen LogP) is 2.14. The zero-order valence-corrected chi connectivity index (χ0v) is 11.9. The number of benzene rings is 1. The molecule has 0 saturated carbocycles. The highest BCUT2D eigenvalue weighted by Crippen LogP contribution is 2.33. The molecule has 2 atom stereocenters. The molecule has 1 aromatic heterocycles. The molecule has 1 aliphatic heterocycles. The Morgan fingerprint density at radius 1 is 1.33 bits per heavy atom. The Hall–Kier alpha value is -2.50. The third-order valence-electron chi connectivity index (χ3n) is 3.45. The maximum absolute atomic E-state index is 12.4. The summed E-state index contributed by atoms with van der Waals surface area (Å²) in [7, 11) is 0. The minimum Gasteiger partial charge on any atom is -0.482 e. The summed E-state index contributed by atoms with van der Waals surface area (Å²) >= 11 is 0. The lowest BCUT2D eigenvalue weighted by Crippen LogP contribution is -2.46. The number of nitrogens with zero attached hydrogens (tertiary/aromatic N) is 1. The number of amides is 1. The molecule has 2 unspecified atom stereocenters. The summed E-state index contributed by atoms with van der Waals surface area (Å²) in [5.74, 6) is 1.59. The zero-order chi connectivity index (χ0) is 14.8. The molecule has 2 aromatic rings. The van der Waals surface area contributed by atoms with Gasteiger partial charge in [-0.2, -0.15) is 5.10 Å². The smallest absolute Gasteiger partial charge is 0.270 e. The number of carbonyl (C=O) groups is 1. The fourth-order valence-corrected chi connectivity index (χ4v) is 2.29. The highest BCUT2D eigenvalue weighted by molar-refractivity contribution is 5.94. The van der Waals surface area contributed by atoms with E-state index in [0.29, 0.717) is 17.3 Å². The lowest BCUT2D eigenvalue weighted by Gasteiger charge is -2.30. The first-order chi connectivity index (χ1) is 10.2. The van der Waals surface area contributed by atoms with Crippen molar-refractivity contribution < 1.29 is 14.3 Å². The van der Waals surface area contributed by atoms with E-state index in [0.717, 1.165) is 12.0 Å². The van der Waals surface area contributed by atoms with Crippen molar-refractivity contribution in [3.05, 3.63) is 36.0 Å². The van der Waals surface area contributed by atoms with Crippen LogP contribution in [0, 0.1) is 0 Å². The van der Waals surface area contributed by atoms with Crippen LogP contribution in [0.1, 0.15) is 19.4 Å². The molecule has 3 rings (SSSR count). The maximum atomic E-state index is 12.4. The Bertz CT molecular complexity index is 653. The monoisotopic (exact) mass is 287 g/mol. The van der Waals surface area contributed by atoms with Crippen LogP contribution in [0.15, 0.2) is 30.5 Å². The SMILES string of the molecule is CCc1cn[nH]c1NC(=O)C1Oc2ccccc2OC1C. The normalized spacial score (nSPS) is 20.1. The Labute approximate surface area is 122 Å². The second kappa shape index (κ2) is 5.47. The number of ether oxygens (including phenoxy) is 2. The van der Waals surface area contributed by atoms with Crippen molar-refractivity contribution in [2.75, 3.05) is 5.32 Å². The minimum atomic E-state index is -0.701. The lowest BCUT2D eigenvalue weighted by atomic mass is 10.1. The summed E-state index contributed by atoms with van der Waals surface area (Å²) in [5.41, 5.74) is 0.952. The van der Waals surface area contributed by atoms with Gasteiger partial charge in [0.25, 0.3) is 5.91 Å². The summed E-state index contributed by atoms with van der Waals surface area (Å²) in [6.45, 7) is 3.81. The highest BCUT2D eigenvalue weighted by Gasteiger charge is 2.34. The molecule has 0 bridgehead atoms. The van der Waals surface area contributed by atoms with E-state index >= 15 is 0 Å². The van der Waals surface area contributed by atoms with Crippen molar-refractivity contribution >= 4 is 11.7 Å². The van der Waals surface area contributed by atoms with Crippen LogP contribution in [0.3, 0.4) is 0 Å². The first kappa shape index (κ1) is 13.5. The fraction of sp³-hybridized carbons (Fsp3) is 0.333. The molecule has 6 heteroatoms. The Kier molecular flexibility index (Phi) is 3.51. The summed E-state index contributed by atoms with van der Waals surface area (Å²) in [6.07, 6.45) is 1.42. The number of para-hydroxylation sites is 2. The molecular formula is C15H17N3O3. The van der Waals surface area contributed by atoms with Gasteiger partial charge >= 0.3 is 0 Å². The molecule has 2 N–H and O–H groups in total. The van der Waals surface area contributed by atoms with Crippen LogP contribution in [0.25, 0.3) is 0 Å². The third kappa shape index (κ3) is 2.56. The van der Waals surface area contributed by atoms with Gasteiger partial charge in [-0.25, -0.2) is 0 Å². The van der Waals surface area contributed by atoms with Crippen molar-refractivity contribution in [1.29, 1.82) is 0 Å². The quantitative estimate of drug-likeness (QED) is 0.906. The lowest BCUT2D eigenvalue weighted by molar-refractivity contribution is -0.128. The molecule has 0 spiro atoms. The third-order valence-corrected chi connectivity index (χ3v) is 3.45. The van der Waals surface area contributed by atoms with E-state index in [-0.39, 0.29) is 12.0 Å². The van der Waals surface area contributed by atoms with Crippen LogP contribution in [-0.2, 0) is 11.2 Å². The van der Waals surface area contributed by atoms with E-state index < -0.39 is 6.10 Å². The molecule has 0 fully saturated rings. The van der Waals surface area contributed by atoms with Gasteiger partial charge in [-0.3, -0.25) is 9.89 Å². The van der Waals surface area contributed by atoms with Crippen LogP contribution in [0.5, 0.6) is 11.5 Å². The van der Waals surface area contributed by atoms with Crippen molar-refractivity contribution in [3.8, 4) is 11.5 Å². The van der Waals surface area contributed by atoms with E-state index in [1.165, 1.54) is 0 Å². The number of anilines is 1. The van der Waals surface area contributed by atoms with E-state index in [4.69, 9.17) is 9.47 Å². The molecule has 0 aliphatic carbocycles. The molecule has 2 heterocycles. The number of nitrogens with one attached hydrogen (secondary N) is 2. The molecule has 6 nitrogen and oxygen atoms in total. The highest BCUT2D eigenvalue weighted by atomic mass is 16.6. The van der Waals surface area contributed by atoms with Gasteiger partial charge in [-0.15, -0.1) is 0 Å². The largest absolute Gasteiger partial charge is 0.482 e. The maximum Gasteiger partial charge on any atom is 0.270 e. The van der Waals surface area contributed by atoms with Crippen LogP contribution in [0.2, 0.25) is 0 Å². The number of aryl methyl sites for hydroxylation is 1. The van der Waals surface area contributed by atoms with Crippen molar-refractivity contribution in [1.82, 2.24) is 10.2 Å². The number of hydrogen-bond donors (Lipinski definition) is 2. The van der Waals surface area contributed by atoms with E-state index in [1.54, 1.807) is 12.3 Å². The fourth-order valence-electron chi connectivity index (χ4n) is 2.29. The van der Waals surface area contributed by atoms with Gasteiger partial charge in [0.1, 0.15) is 11.9 Å². The van der Waals surface area contributed by atoms with E-state index in [1.807, 2.05) is 32.0 Å². The first-order valence-corrected chi connectivity index (χ1v) is 6.94. The topological polar surface area (TPSA) is 76.2 Å². The van der Waals surface area contributed by atoms with E-state index in [2.05, 4.69) is 15.5 Å². The number of aromatic nitrogens is 2. The molecular weight excluding hydrogens is 270 g/mol. The molecule has 110 valence electrons. The van der Waals surface area contributed by atoms with Crippen molar-refractivity contribution in [2.24, 2.45) is 0 Å². The van der Waals surface area contributed by atoms with Gasteiger partial charge in [0.15, 0.2) is 11.5 Å². The van der Waals surface area contributed by atoms with Gasteiger partial charge < -0.3 is 14.8 Å². The number of aromatic amines is 1. The Balaban J connectivity index is 1.76. The standard InChI is InChI=1S/C15H17N3O3/c1-3-10-8-16-18-14(10)17-15(19)13-9(2)20-11-6-4-5-7-12(11)21-13/h4-9,13H,3H2,1-2H3,(H2,16,17,18,19). The van der Waals surface area contributed by atoms with Gasteiger partial charge in [0.05, 0.1) is 6.20 Å². The van der Waals surface area contributed by atoms with Gasteiger partial charge in [-0.1, -0.05) is 19.1 Å². The van der Waals surface area contributed by atoms with E-state index in [9.17, 15) is 4.79 Å². The van der Waals surface area contributed by atoms with Gasteiger partial charge in [0, 0.05) is 5.56 Å². The number of carbonyl (C=O) groups excluding carboxylic acids is 1. The number of fused-ring (bicyclic) bond motifs is 1. The summed E-state index contributed by atoms with van der Waals surface area (Å²) in [5, 5.41) is 9.53. The Morgan fingerprint density at radius 2 is 2.05 bits per heavy atom.